The molecule has 0 bridgehead atoms. The lowest BCUT2D eigenvalue weighted by molar-refractivity contribution is -0.275. The normalized spacial score (nSPS) is 14.9. The third-order valence-electron chi connectivity index (χ3n) is 2.77. The van der Waals surface area contributed by atoms with E-state index in [1.165, 1.54) is 25.1 Å². The van der Waals surface area contributed by atoms with Gasteiger partial charge in [-0.15, -0.1) is 13.2 Å². The van der Waals surface area contributed by atoms with Crippen LogP contribution in [-0.2, 0) is 4.79 Å². The van der Waals surface area contributed by atoms with Crippen LogP contribution in [0.25, 0.3) is 0 Å². The van der Waals surface area contributed by atoms with E-state index in [-0.39, 0.29) is 11.3 Å². The van der Waals surface area contributed by atoms with E-state index in [1.807, 2.05) is 0 Å². The number of carboxylic acids is 1. The second kappa shape index (κ2) is 5.29. The molecule has 2 atom stereocenters. The molecule has 1 aromatic rings. The second-order valence-corrected chi connectivity index (χ2v) is 4.00. The van der Waals surface area contributed by atoms with Gasteiger partial charge in [0.25, 0.3) is 0 Å². The highest BCUT2D eigenvalue weighted by Crippen LogP contribution is 2.34. The van der Waals surface area contributed by atoms with Gasteiger partial charge in [-0.05, 0) is 17.5 Å². The molecule has 0 aliphatic carbocycles. The largest absolute Gasteiger partial charge is 0.573 e. The molecule has 1 N–H and O–H groups in total. The molecule has 18 heavy (non-hydrogen) atoms. The first-order valence-corrected chi connectivity index (χ1v) is 5.30. The number of alkyl halides is 3. The van der Waals surface area contributed by atoms with Crippen LogP contribution < -0.4 is 4.74 Å². The lowest BCUT2D eigenvalue weighted by Gasteiger charge is -2.20. The minimum atomic E-state index is -4.79. The monoisotopic (exact) mass is 262 g/mol. The summed E-state index contributed by atoms with van der Waals surface area (Å²) in [5, 5.41) is 8.87. The zero-order chi connectivity index (χ0) is 13.9. The van der Waals surface area contributed by atoms with Crippen molar-refractivity contribution in [3.05, 3.63) is 29.8 Å². The van der Waals surface area contributed by atoms with Gasteiger partial charge in [-0.25, -0.2) is 0 Å². The molecule has 1 rings (SSSR count). The van der Waals surface area contributed by atoms with Gasteiger partial charge in [-0.2, -0.15) is 0 Å². The minimum Gasteiger partial charge on any atom is -0.481 e. The highest BCUT2D eigenvalue weighted by Gasteiger charge is 2.33. The van der Waals surface area contributed by atoms with Crippen LogP contribution >= 0.6 is 0 Å². The predicted molar refractivity (Wildman–Crippen MR) is 58.3 cm³/mol. The van der Waals surface area contributed by atoms with Gasteiger partial charge in [-0.1, -0.05) is 32.0 Å². The molecule has 100 valence electrons. The Labute approximate surface area is 102 Å². The molecule has 0 saturated carbocycles. The molecule has 0 heterocycles. The maximum Gasteiger partial charge on any atom is 0.573 e. The van der Waals surface area contributed by atoms with Crippen LogP contribution in [0.1, 0.15) is 25.3 Å². The van der Waals surface area contributed by atoms with Crippen molar-refractivity contribution in [2.45, 2.75) is 26.1 Å². The molecule has 0 spiro atoms. The number of hydrogen-bond donors (Lipinski definition) is 1. The Balaban J connectivity index is 3.05. The van der Waals surface area contributed by atoms with E-state index >= 15 is 0 Å². The molecular formula is C12H13F3O3. The van der Waals surface area contributed by atoms with Gasteiger partial charge >= 0.3 is 12.3 Å². The molecule has 3 nitrogen and oxygen atoms in total. The van der Waals surface area contributed by atoms with Crippen molar-refractivity contribution in [1.82, 2.24) is 0 Å². The molecule has 1 aromatic carbocycles. The Hall–Kier alpha value is -1.72. The van der Waals surface area contributed by atoms with Gasteiger partial charge in [0.05, 0.1) is 5.92 Å². The summed E-state index contributed by atoms with van der Waals surface area (Å²) in [6.07, 6.45) is -4.79. The summed E-state index contributed by atoms with van der Waals surface area (Å²) in [7, 11) is 0. The quantitative estimate of drug-likeness (QED) is 0.904. The number of rotatable bonds is 4. The summed E-state index contributed by atoms with van der Waals surface area (Å²) in [5.41, 5.74) is 0.227. The van der Waals surface area contributed by atoms with Crippen LogP contribution in [0.5, 0.6) is 5.75 Å². The molecule has 6 heteroatoms. The average Bonchev–Trinajstić information content (AvgIpc) is 2.25. The van der Waals surface area contributed by atoms with Gasteiger partial charge in [0, 0.05) is 0 Å². The van der Waals surface area contributed by atoms with Crippen molar-refractivity contribution in [1.29, 1.82) is 0 Å². The number of halogens is 3. The van der Waals surface area contributed by atoms with Crippen LogP contribution in [0.4, 0.5) is 13.2 Å². The first kappa shape index (κ1) is 14.3. The van der Waals surface area contributed by atoms with Gasteiger partial charge in [0.2, 0.25) is 0 Å². The third kappa shape index (κ3) is 3.65. The van der Waals surface area contributed by atoms with E-state index in [0.29, 0.717) is 0 Å². The Bertz CT molecular complexity index is 429. The molecule has 0 amide bonds. The predicted octanol–water partition coefficient (Wildman–Crippen LogP) is 3.41. The zero-order valence-electron chi connectivity index (χ0n) is 9.86. The summed E-state index contributed by atoms with van der Waals surface area (Å²) in [6, 6.07) is 5.56. The highest BCUT2D eigenvalue weighted by atomic mass is 19.4. The van der Waals surface area contributed by atoms with Crippen molar-refractivity contribution in [2.24, 2.45) is 5.92 Å². The standard InChI is InChI=1S/C12H13F3O3/c1-7(8(2)11(16)17)9-5-3-4-6-10(9)18-12(13,14)15/h3-8H,1-2H3,(H,16,17). The van der Waals surface area contributed by atoms with Crippen molar-refractivity contribution in [3.63, 3.8) is 0 Å². The first-order valence-electron chi connectivity index (χ1n) is 5.30. The fourth-order valence-electron chi connectivity index (χ4n) is 1.56. The average molecular weight is 262 g/mol. The van der Waals surface area contributed by atoms with Crippen molar-refractivity contribution < 1.29 is 27.8 Å². The number of benzene rings is 1. The van der Waals surface area contributed by atoms with Gasteiger partial charge in [-0.3, -0.25) is 4.79 Å². The van der Waals surface area contributed by atoms with E-state index in [9.17, 15) is 18.0 Å². The Morgan fingerprint density at radius 2 is 1.83 bits per heavy atom. The van der Waals surface area contributed by atoms with E-state index in [0.717, 1.165) is 0 Å². The number of carbonyl (C=O) groups is 1. The van der Waals surface area contributed by atoms with Gasteiger partial charge < -0.3 is 9.84 Å². The molecule has 0 aliphatic heterocycles. The summed E-state index contributed by atoms with van der Waals surface area (Å²) < 4.78 is 40.5. The van der Waals surface area contributed by atoms with Gasteiger partial charge in [0.1, 0.15) is 5.75 Å². The summed E-state index contributed by atoms with van der Waals surface area (Å²) in [5.74, 6) is -2.81. The highest BCUT2D eigenvalue weighted by molar-refractivity contribution is 5.71. The fourth-order valence-corrected chi connectivity index (χ4v) is 1.56. The van der Waals surface area contributed by atoms with E-state index < -0.39 is 24.2 Å². The molecule has 0 fully saturated rings. The number of carboxylic acid groups (broad SMARTS) is 1. The van der Waals surface area contributed by atoms with Crippen LogP contribution in [0, 0.1) is 5.92 Å². The van der Waals surface area contributed by atoms with Crippen LogP contribution in [0.3, 0.4) is 0 Å². The van der Waals surface area contributed by atoms with E-state index in [2.05, 4.69) is 4.74 Å². The van der Waals surface area contributed by atoms with Crippen LogP contribution in [0.2, 0.25) is 0 Å². The van der Waals surface area contributed by atoms with Crippen molar-refractivity contribution >= 4 is 5.97 Å². The first-order chi connectivity index (χ1) is 8.22. The lowest BCUT2D eigenvalue weighted by Crippen LogP contribution is -2.21. The molecule has 2 unspecified atom stereocenters. The number of hydrogen-bond acceptors (Lipinski definition) is 2. The second-order valence-electron chi connectivity index (χ2n) is 4.00. The number of para-hydroxylation sites is 1. The molecule has 0 saturated heterocycles. The lowest BCUT2D eigenvalue weighted by atomic mass is 9.88. The summed E-state index contributed by atoms with van der Waals surface area (Å²) >= 11 is 0. The zero-order valence-corrected chi connectivity index (χ0v) is 9.86. The molecular weight excluding hydrogens is 249 g/mol. The van der Waals surface area contributed by atoms with E-state index in [1.54, 1.807) is 13.0 Å². The topological polar surface area (TPSA) is 46.5 Å². The summed E-state index contributed by atoms with van der Waals surface area (Å²) in [4.78, 5) is 10.8. The van der Waals surface area contributed by atoms with E-state index in [4.69, 9.17) is 5.11 Å². The Morgan fingerprint density at radius 3 is 2.33 bits per heavy atom. The molecule has 0 radical (unpaired) electrons. The molecule has 0 aromatic heterocycles. The maximum absolute atomic E-state index is 12.2. The SMILES string of the molecule is CC(C(=O)O)C(C)c1ccccc1OC(F)(F)F. The fraction of sp³-hybridized carbons (Fsp3) is 0.417. The van der Waals surface area contributed by atoms with Crippen molar-refractivity contribution in [2.75, 3.05) is 0 Å². The number of ether oxygens (including phenoxy) is 1. The number of aliphatic carboxylic acids is 1. The summed E-state index contributed by atoms with van der Waals surface area (Å²) in [6.45, 7) is 2.99. The Morgan fingerprint density at radius 1 is 1.28 bits per heavy atom. The molecule has 0 aliphatic rings. The maximum atomic E-state index is 12.2. The smallest absolute Gasteiger partial charge is 0.481 e. The van der Waals surface area contributed by atoms with Crippen LogP contribution in [-0.4, -0.2) is 17.4 Å². The third-order valence-corrected chi connectivity index (χ3v) is 2.77. The van der Waals surface area contributed by atoms with Gasteiger partial charge in [0.15, 0.2) is 0 Å². The minimum absolute atomic E-state index is 0.227. The van der Waals surface area contributed by atoms with Crippen molar-refractivity contribution in [3.8, 4) is 5.75 Å². The Kier molecular flexibility index (Phi) is 4.21. The van der Waals surface area contributed by atoms with Crippen LogP contribution in [0.15, 0.2) is 24.3 Å².